The van der Waals surface area contributed by atoms with Gasteiger partial charge in [0, 0.05) is 129 Å². The van der Waals surface area contributed by atoms with Crippen LogP contribution in [-0.2, 0) is 111 Å². The average Bonchev–Trinajstić information content (AvgIpc) is 1.60. The summed E-state index contributed by atoms with van der Waals surface area (Å²) in [5.41, 5.74) is -3.21. The Morgan fingerprint density at radius 1 is 0.460 bits per heavy atom. The summed E-state index contributed by atoms with van der Waals surface area (Å²) in [6.45, 7) is 0.747. The van der Waals surface area contributed by atoms with E-state index < -0.39 is 303 Å². The van der Waals surface area contributed by atoms with Crippen molar-refractivity contribution in [1.29, 1.82) is 0 Å². The van der Waals surface area contributed by atoms with E-state index >= 15 is 0 Å². The number of phosphoric ester groups is 1. The number of phosphoric acid groups is 1. The molecule has 0 radical (unpaired) electrons. The number of hydrogen-bond donors (Lipinski definition) is 24. The second kappa shape index (κ2) is 56.7. The third kappa shape index (κ3) is 35.8. The summed E-state index contributed by atoms with van der Waals surface area (Å²) in [6.07, 6.45) is -23.8. The molecule has 11 amide bonds. The van der Waals surface area contributed by atoms with E-state index in [-0.39, 0.29) is 152 Å². The minimum atomic E-state index is -5.27. The quantitative estimate of drug-likeness (QED) is 0.0216. The van der Waals surface area contributed by atoms with E-state index in [0.29, 0.717) is 0 Å². The highest BCUT2D eigenvalue weighted by Crippen LogP contribution is 2.49. The Kier molecular flexibility index (Phi) is 47.8. The standard InChI is InChI=1S/C84H132N11O41P/c1-44-66(108)68(110)56(36-96)133-79(44)128-23-19-124-15-11-85-74(116)49-27-48(28-50(30-49)75(117)86-12-16-126-21-25-130-81-64(91-46(3)101)72(114)70(112)58(38-98)135-81)29-54(103)34-89-60(104)8-7-55(94-61(105)9-10-63(107)95-40-83(5,42-100)84(6,41-95)43-132-137(121,122)123)78(120)90-35-62(106)93-53-32-51(76(118)87-13-17-125-20-24-129-80-45(2)67(109)69(111)57(37-97)134-80)31-52(33-53)77(119)88-14-18-127-22-26-131-82-65(92-47(4)102)73(115)71(113)59(39-99)136-82/h27-28,30-33,44-45,55-59,64-73,79-82,96-100,108-115H,7-26,29,34-43H2,1-6H3,(H,85,116)(H,86,117)(H,87,118)(H,88,119)(H,89,104)(H,90,120)(H,91,101)(H,92,102)(H,93,106)(H,94,105)(H2,121,122,123)/p-1/t44-,45-,55?,56-,57-,58-,59-,64-,65-,66-,67-,68+,69+,70+,71+,72-,73-,79?,80?,81?,82?,83+,84-/m1/s1. The summed E-state index contributed by atoms with van der Waals surface area (Å²) in [6, 6.07) is 3.17. The molecular formula is C84H131N11O41P-. The number of aliphatic hydroxyl groups is 13. The zero-order valence-electron chi connectivity index (χ0n) is 76.7. The van der Waals surface area contributed by atoms with E-state index in [4.69, 9.17) is 56.8 Å². The Hall–Kier alpha value is -8.61. The molecule has 0 aromatic heterocycles. The van der Waals surface area contributed by atoms with Crippen molar-refractivity contribution in [2.24, 2.45) is 22.7 Å². The lowest BCUT2D eigenvalue weighted by molar-refractivity contribution is -0.284. The maximum atomic E-state index is 14.3. The van der Waals surface area contributed by atoms with Gasteiger partial charge in [-0.1, -0.05) is 27.7 Å². The number of amides is 11. The number of carbonyl (C=O) groups is 12. The SMILES string of the molecule is CC(=O)N[C@H]1C(OCCOCCNC(=O)c2cc(CC(=O)CNC(=O)CCC(NC(=O)CCC(=O)N3C[C@](C)(COP(=O)([O-])O)[C@](C)(CO)C3)C(=O)NCC(=O)Nc3cc(C(=O)NCCOCCOC4O[C@H](CO)[C@H](O)[C@H](O)[C@H]4C)cc(C(=O)NCCOCCOC4O[C@H](CO)[C@H](O)[C@H](O)[C@H]4NC(C)=O)c3)cc(C(=O)NCCOCCOC3O[C@H](CO)[C@H](O)[C@H](O)[C@H]3C)c2)O[C@H](CO)[C@H](O)[C@@H]1O. The van der Waals surface area contributed by atoms with Crippen LogP contribution in [-0.4, -0.2) is 435 Å². The van der Waals surface area contributed by atoms with Gasteiger partial charge in [0.15, 0.2) is 30.9 Å². The predicted octanol–water partition coefficient (Wildman–Crippen LogP) is -10.9. The number of rotatable bonds is 57. The van der Waals surface area contributed by atoms with Crippen LogP contribution in [0.5, 0.6) is 0 Å². The second-order valence-electron chi connectivity index (χ2n) is 33.9. The van der Waals surface area contributed by atoms with Crippen LogP contribution < -0.4 is 58.1 Å². The molecule has 24 N–H and O–H groups in total. The highest BCUT2D eigenvalue weighted by Gasteiger charge is 2.54. The first-order valence-electron chi connectivity index (χ1n) is 44.4. The highest BCUT2D eigenvalue weighted by atomic mass is 31.2. The fourth-order valence-electron chi connectivity index (χ4n) is 15.1. The van der Waals surface area contributed by atoms with E-state index in [9.17, 15) is 138 Å². The largest absolute Gasteiger partial charge is 0.756 e. The van der Waals surface area contributed by atoms with Crippen molar-refractivity contribution >= 4 is 84.3 Å². The topological polar surface area (TPSA) is 772 Å². The van der Waals surface area contributed by atoms with Gasteiger partial charge >= 0.3 is 0 Å². The van der Waals surface area contributed by atoms with Crippen molar-refractivity contribution in [3.63, 3.8) is 0 Å². The Balaban J connectivity index is 1.01. The van der Waals surface area contributed by atoms with E-state index in [2.05, 4.69) is 57.7 Å². The zero-order valence-corrected chi connectivity index (χ0v) is 77.6. The van der Waals surface area contributed by atoms with Crippen molar-refractivity contribution in [2.75, 3.05) is 177 Å². The van der Waals surface area contributed by atoms with Crippen LogP contribution in [0.4, 0.5) is 5.69 Å². The molecule has 5 aliphatic heterocycles. The summed E-state index contributed by atoms with van der Waals surface area (Å²) in [4.78, 5) is 185. The lowest BCUT2D eigenvalue weighted by Crippen LogP contribution is -2.64. The van der Waals surface area contributed by atoms with E-state index in [1.54, 1.807) is 20.8 Å². The van der Waals surface area contributed by atoms with Crippen LogP contribution in [0.2, 0.25) is 0 Å². The molecule has 52 nitrogen and oxygen atoms in total. The smallest absolute Gasteiger partial charge is 0.265 e. The van der Waals surface area contributed by atoms with E-state index in [0.717, 1.165) is 6.92 Å². The Morgan fingerprint density at radius 2 is 0.839 bits per heavy atom. The number of aliphatic hydroxyl groups excluding tert-OH is 13. The summed E-state index contributed by atoms with van der Waals surface area (Å²) < 4.78 is 83.6. The first kappa shape index (κ1) is 115. The van der Waals surface area contributed by atoms with Crippen molar-refractivity contribution in [3.8, 4) is 0 Å². The van der Waals surface area contributed by atoms with E-state index in [1.807, 2.05) is 0 Å². The molecule has 0 spiro atoms. The van der Waals surface area contributed by atoms with Crippen LogP contribution in [0.1, 0.15) is 114 Å². The molecule has 6 unspecified atom stereocenters. The fraction of sp³-hybridized carbons (Fsp3) is 0.714. The van der Waals surface area contributed by atoms with Crippen LogP contribution in [0.25, 0.3) is 0 Å². The molecule has 2 aromatic rings. The number of ketones is 1. The number of carbonyl (C=O) groups excluding carboxylic acids is 12. The van der Waals surface area contributed by atoms with Gasteiger partial charge in [-0.15, -0.1) is 0 Å². The van der Waals surface area contributed by atoms with Crippen molar-refractivity contribution in [1.82, 2.24) is 52.8 Å². The number of likely N-dealkylation sites (tertiary alicyclic amines) is 1. The molecule has 2 aromatic carbocycles. The molecule has 0 bridgehead atoms. The average molecular weight is 1980 g/mol. The molecule has 0 aliphatic carbocycles. The summed E-state index contributed by atoms with van der Waals surface area (Å²) >= 11 is 0. The monoisotopic (exact) mass is 1980 g/mol. The molecule has 5 heterocycles. The minimum Gasteiger partial charge on any atom is -0.756 e. The second-order valence-corrected chi connectivity index (χ2v) is 35.1. The molecule has 5 aliphatic rings. The van der Waals surface area contributed by atoms with Crippen molar-refractivity contribution in [3.05, 3.63) is 64.2 Å². The number of benzene rings is 2. The van der Waals surface area contributed by atoms with Gasteiger partial charge in [0.25, 0.3) is 31.5 Å². The summed E-state index contributed by atoms with van der Waals surface area (Å²) in [7, 11) is -5.27. The number of nitrogens with zero attached hydrogens (tertiary/aromatic N) is 1. The van der Waals surface area contributed by atoms with Gasteiger partial charge in [-0.25, -0.2) is 0 Å². The Bertz CT molecular complexity index is 4320. The number of hydrogen-bond acceptors (Lipinski definition) is 40. The van der Waals surface area contributed by atoms with Gasteiger partial charge in [0.05, 0.1) is 144 Å². The number of nitrogens with one attached hydrogen (secondary N) is 10. The molecule has 7 rings (SSSR count). The van der Waals surface area contributed by atoms with Crippen LogP contribution in [0, 0.1) is 22.7 Å². The maximum absolute atomic E-state index is 14.3. The molecule has 24 atom stereocenters. The molecule has 0 saturated carbocycles. The third-order valence-corrected chi connectivity index (χ3v) is 23.7. The normalized spacial score (nSPS) is 28.3. The van der Waals surface area contributed by atoms with Gasteiger partial charge in [-0.2, -0.15) is 0 Å². The third-order valence-electron chi connectivity index (χ3n) is 23.3. The van der Waals surface area contributed by atoms with Crippen LogP contribution >= 0.6 is 7.82 Å². The predicted molar refractivity (Wildman–Crippen MR) is 463 cm³/mol. The molecule has 5 fully saturated rings. The zero-order chi connectivity index (χ0) is 101. The lowest BCUT2D eigenvalue weighted by atomic mass is 9.69. The molecular weight excluding hydrogens is 1850 g/mol. The van der Waals surface area contributed by atoms with Gasteiger partial charge < -0.3 is 196 Å². The molecule has 137 heavy (non-hydrogen) atoms. The first-order valence-corrected chi connectivity index (χ1v) is 45.9. The summed E-state index contributed by atoms with van der Waals surface area (Å²) in [5, 5.41) is 157. The Morgan fingerprint density at radius 3 is 1.23 bits per heavy atom. The van der Waals surface area contributed by atoms with Crippen LogP contribution in [0.3, 0.4) is 0 Å². The van der Waals surface area contributed by atoms with Gasteiger partial charge in [-0.05, 0) is 48.4 Å². The number of ether oxygens (including phenoxy) is 12. The maximum Gasteiger partial charge on any atom is 0.265 e. The number of Topliss-reactive ketones (excluding diaryl/α,β-unsaturated/α-hetero) is 1. The molecule has 5 saturated heterocycles. The molecule has 53 heteroatoms. The lowest BCUT2D eigenvalue weighted by Gasteiger charge is -2.42. The Labute approximate surface area is 787 Å². The van der Waals surface area contributed by atoms with Crippen molar-refractivity contribution < 1.29 is 200 Å². The van der Waals surface area contributed by atoms with E-state index in [1.165, 1.54) is 55.1 Å². The molecule has 774 valence electrons. The minimum absolute atomic E-state index is 0.0386. The van der Waals surface area contributed by atoms with Crippen molar-refractivity contribution in [2.45, 2.75) is 190 Å². The van der Waals surface area contributed by atoms with Gasteiger partial charge in [0.1, 0.15) is 79.2 Å². The van der Waals surface area contributed by atoms with Gasteiger partial charge in [-0.3, -0.25) is 62.1 Å². The van der Waals surface area contributed by atoms with Crippen LogP contribution in [0.15, 0.2) is 36.4 Å². The number of anilines is 1. The highest BCUT2D eigenvalue weighted by molar-refractivity contribution is 7.44. The summed E-state index contributed by atoms with van der Waals surface area (Å²) in [5.74, 6) is -11.0. The first-order chi connectivity index (χ1) is 65.0. The fourth-order valence-corrected chi connectivity index (χ4v) is 15.6. The van der Waals surface area contributed by atoms with Gasteiger partial charge in [0.2, 0.25) is 41.4 Å².